The Morgan fingerprint density at radius 3 is 2.63 bits per heavy atom. The second-order valence-corrected chi connectivity index (χ2v) is 8.86. The first-order valence-corrected chi connectivity index (χ1v) is 11.2. The number of amides is 1. The van der Waals surface area contributed by atoms with Gasteiger partial charge in [-0.25, -0.2) is 0 Å². The lowest BCUT2D eigenvalue weighted by molar-refractivity contribution is -0.125. The summed E-state index contributed by atoms with van der Waals surface area (Å²) in [5, 5.41) is 3.87. The molecule has 0 bridgehead atoms. The van der Waals surface area contributed by atoms with Crippen LogP contribution in [0, 0.1) is 11.3 Å². The number of hydrogen-bond donors (Lipinski definition) is 1. The third-order valence-corrected chi connectivity index (χ3v) is 7.48. The minimum Gasteiger partial charge on any atom is -0.459 e. The van der Waals surface area contributed by atoms with Crippen molar-refractivity contribution in [3.05, 3.63) is 24.2 Å². The van der Waals surface area contributed by atoms with Crippen molar-refractivity contribution in [2.24, 2.45) is 16.3 Å². The van der Waals surface area contributed by atoms with Gasteiger partial charge in [-0.3, -0.25) is 9.79 Å². The molecular formula is C22H33IN4O3. The minimum atomic E-state index is -0.0218. The van der Waals surface area contributed by atoms with Crippen LogP contribution >= 0.6 is 24.0 Å². The number of carbonyl (C=O) groups excluding carboxylic acids is 1. The zero-order chi connectivity index (χ0) is 19.8. The van der Waals surface area contributed by atoms with Crippen LogP contribution in [0.2, 0.25) is 0 Å². The molecule has 2 aliphatic heterocycles. The number of nitrogens with zero attached hydrogens (tertiary/aromatic N) is 3. The Morgan fingerprint density at radius 2 is 1.97 bits per heavy atom. The number of hydrogen-bond acceptors (Lipinski definition) is 4. The number of furan rings is 1. The van der Waals surface area contributed by atoms with Gasteiger partial charge in [-0.1, -0.05) is 12.8 Å². The van der Waals surface area contributed by atoms with Crippen molar-refractivity contribution >= 4 is 35.8 Å². The first-order valence-electron chi connectivity index (χ1n) is 11.2. The molecule has 1 N–H and O–H groups in total. The number of piperazine rings is 1. The molecule has 3 atom stereocenters. The van der Waals surface area contributed by atoms with Crippen LogP contribution < -0.4 is 5.32 Å². The van der Waals surface area contributed by atoms with E-state index in [4.69, 9.17) is 14.1 Å². The maximum absolute atomic E-state index is 12.5. The molecule has 1 amide bonds. The summed E-state index contributed by atoms with van der Waals surface area (Å²) in [5.41, 5.74) is 0.312. The minimum absolute atomic E-state index is 0. The van der Waals surface area contributed by atoms with E-state index in [9.17, 15) is 4.79 Å². The summed E-state index contributed by atoms with van der Waals surface area (Å²) < 4.78 is 11.4. The van der Waals surface area contributed by atoms with E-state index in [1.54, 1.807) is 18.4 Å². The molecular weight excluding hydrogens is 495 g/mol. The van der Waals surface area contributed by atoms with Crippen LogP contribution in [0.4, 0.5) is 0 Å². The molecule has 8 heteroatoms. The van der Waals surface area contributed by atoms with Gasteiger partial charge in [0.2, 0.25) is 0 Å². The molecule has 2 saturated carbocycles. The smallest absolute Gasteiger partial charge is 0.289 e. The van der Waals surface area contributed by atoms with Gasteiger partial charge < -0.3 is 24.3 Å². The molecule has 0 aromatic carbocycles. The Bertz CT molecular complexity index is 754. The van der Waals surface area contributed by atoms with Crippen molar-refractivity contribution < 1.29 is 13.9 Å². The third-order valence-electron chi connectivity index (χ3n) is 7.48. The maximum Gasteiger partial charge on any atom is 0.289 e. The number of ether oxygens (including phenoxy) is 1. The highest BCUT2D eigenvalue weighted by Crippen LogP contribution is 2.60. The molecule has 30 heavy (non-hydrogen) atoms. The fraction of sp³-hybridized carbons (Fsp3) is 0.727. The van der Waals surface area contributed by atoms with Gasteiger partial charge in [0.1, 0.15) is 0 Å². The van der Waals surface area contributed by atoms with Crippen LogP contribution in [-0.2, 0) is 4.74 Å². The molecule has 5 rings (SSSR count). The van der Waals surface area contributed by atoms with Crippen molar-refractivity contribution in [2.75, 3.05) is 39.3 Å². The Labute approximate surface area is 195 Å². The van der Waals surface area contributed by atoms with E-state index in [2.05, 4.69) is 17.1 Å². The van der Waals surface area contributed by atoms with Gasteiger partial charge in [0, 0.05) is 56.7 Å². The molecule has 1 aromatic heterocycles. The predicted octanol–water partition coefficient (Wildman–Crippen LogP) is 2.97. The zero-order valence-electron chi connectivity index (χ0n) is 17.7. The average Bonchev–Trinajstić information content (AvgIpc) is 3.51. The molecule has 3 heterocycles. The predicted molar refractivity (Wildman–Crippen MR) is 125 cm³/mol. The second-order valence-electron chi connectivity index (χ2n) is 8.86. The lowest BCUT2D eigenvalue weighted by Gasteiger charge is -2.57. The highest BCUT2D eigenvalue weighted by Gasteiger charge is 2.65. The summed E-state index contributed by atoms with van der Waals surface area (Å²) in [6.07, 6.45) is 8.35. The van der Waals surface area contributed by atoms with Gasteiger partial charge in [0.05, 0.1) is 12.4 Å². The van der Waals surface area contributed by atoms with E-state index < -0.39 is 0 Å². The SMILES string of the molecule is CCN=C(NC1C2CCOC2C12CCCC2)N1CCN(C(=O)c2ccco2)CC1.I. The molecule has 2 aliphatic carbocycles. The number of fused-ring (bicyclic) bond motifs is 2. The van der Waals surface area contributed by atoms with E-state index in [0.29, 0.717) is 42.3 Å². The number of rotatable bonds is 3. The molecule has 1 spiro atoms. The maximum atomic E-state index is 12.5. The van der Waals surface area contributed by atoms with Crippen LogP contribution in [0.25, 0.3) is 0 Å². The van der Waals surface area contributed by atoms with E-state index in [1.165, 1.54) is 25.7 Å². The topological polar surface area (TPSA) is 70.3 Å². The first kappa shape index (κ1) is 21.9. The molecule has 7 nitrogen and oxygen atoms in total. The summed E-state index contributed by atoms with van der Waals surface area (Å²) in [7, 11) is 0. The number of guanidine groups is 1. The third kappa shape index (κ3) is 3.63. The van der Waals surface area contributed by atoms with Crippen molar-refractivity contribution in [1.29, 1.82) is 0 Å². The van der Waals surface area contributed by atoms with Crippen LogP contribution in [0.15, 0.2) is 27.8 Å². The quantitative estimate of drug-likeness (QED) is 0.371. The summed E-state index contributed by atoms with van der Waals surface area (Å²) >= 11 is 0. The van der Waals surface area contributed by atoms with Gasteiger partial charge >= 0.3 is 0 Å². The number of aliphatic imine (C=N–C) groups is 1. The van der Waals surface area contributed by atoms with Gasteiger partial charge in [0.25, 0.3) is 5.91 Å². The number of carbonyl (C=O) groups is 1. The fourth-order valence-corrected chi connectivity index (χ4v) is 6.11. The Morgan fingerprint density at radius 1 is 1.23 bits per heavy atom. The van der Waals surface area contributed by atoms with E-state index in [-0.39, 0.29) is 29.9 Å². The Kier molecular flexibility index (Phi) is 6.62. The second kappa shape index (κ2) is 9.06. The lowest BCUT2D eigenvalue weighted by atomic mass is 9.54. The standard InChI is InChI=1S/C22H32N4O3.HI/c1-2-23-21(24-18-16-7-15-29-19(16)22(18)8-3-4-9-22)26-12-10-25(11-13-26)20(27)17-6-5-14-28-17;/h5-6,14,16,18-19H,2-4,7-13,15H2,1H3,(H,23,24);1H. The summed E-state index contributed by atoms with van der Waals surface area (Å²) in [6.45, 7) is 6.72. The largest absolute Gasteiger partial charge is 0.459 e. The lowest BCUT2D eigenvalue weighted by Crippen LogP contribution is -2.70. The normalized spacial score (nSPS) is 30.0. The summed E-state index contributed by atoms with van der Waals surface area (Å²) in [6, 6.07) is 3.97. The van der Waals surface area contributed by atoms with Crippen molar-refractivity contribution in [3.63, 3.8) is 0 Å². The number of halogens is 1. The molecule has 2 saturated heterocycles. The van der Waals surface area contributed by atoms with Crippen molar-refractivity contribution in [2.45, 2.75) is 51.2 Å². The number of nitrogens with one attached hydrogen (secondary N) is 1. The van der Waals surface area contributed by atoms with E-state index >= 15 is 0 Å². The van der Waals surface area contributed by atoms with Gasteiger partial charge in [-0.05, 0) is 38.3 Å². The molecule has 4 aliphatic rings. The summed E-state index contributed by atoms with van der Waals surface area (Å²) in [4.78, 5) is 21.6. The van der Waals surface area contributed by atoms with Crippen LogP contribution in [0.5, 0.6) is 0 Å². The molecule has 3 unspecified atom stereocenters. The van der Waals surface area contributed by atoms with Crippen LogP contribution in [-0.4, -0.2) is 73.1 Å². The molecule has 166 valence electrons. The van der Waals surface area contributed by atoms with Crippen LogP contribution in [0.1, 0.15) is 49.6 Å². The van der Waals surface area contributed by atoms with E-state index in [1.807, 2.05) is 4.90 Å². The Hall–Kier alpha value is -1.29. The van der Waals surface area contributed by atoms with Gasteiger partial charge in [-0.15, -0.1) is 24.0 Å². The van der Waals surface area contributed by atoms with Crippen molar-refractivity contribution in [3.8, 4) is 0 Å². The highest BCUT2D eigenvalue weighted by molar-refractivity contribution is 14.0. The average molecular weight is 528 g/mol. The Balaban J connectivity index is 0.00000218. The molecule has 4 fully saturated rings. The zero-order valence-corrected chi connectivity index (χ0v) is 20.0. The molecule has 0 radical (unpaired) electrons. The fourth-order valence-electron chi connectivity index (χ4n) is 6.11. The molecule has 1 aromatic rings. The monoisotopic (exact) mass is 528 g/mol. The highest BCUT2D eigenvalue weighted by atomic mass is 127. The van der Waals surface area contributed by atoms with Gasteiger partial charge in [-0.2, -0.15) is 0 Å². The van der Waals surface area contributed by atoms with Gasteiger partial charge in [0.15, 0.2) is 11.7 Å². The van der Waals surface area contributed by atoms with E-state index in [0.717, 1.165) is 38.6 Å². The summed E-state index contributed by atoms with van der Waals surface area (Å²) in [5.74, 6) is 2.03. The first-order chi connectivity index (χ1) is 14.2. The van der Waals surface area contributed by atoms with Crippen LogP contribution in [0.3, 0.4) is 0 Å². The van der Waals surface area contributed by atoms with Crippen molar-refractivity contribution in [1.82, 2.24) is 15.1 Å².